The second-order valence-corrected chi connectivity index (χ2v) is 6.42. The van der Waals surface area contributed by atoms with Gasteiger partial charge in [-0.2, -0.15) is 0 Å². The number of carbonyl (C=O) groups is 2. The van der Waals surface area contributed by atoms with Crippen LogP contribution in [0.15, 0.2) is 29.2 Å². The molecule has 1 heterocycles. The lowest BCUT2D eigenvalue weighted by Crippen LogP contribution is -2.40. The van der Waals surface area contributed by atoms with E-state index in [-0.39, 0.29) is 30.2 Å². The van der Waals surface area contributed by atoms with E-state index in [0.717, 1.165) is 10.6 Å². The van der Waals surface area contributed by atoms with Gasteiger partial charge in [0.25, 0.3) is 0 Å². The molecule has 2 N–H and O–H groups in total. The van der Waals surface area contributed by atoms with Crippen LogP contribution in [0, 0.1) is 5.92 Å². The fourth-order valence-electron chi connectivity index (χ4n) is 2.39. The minimum atomic E-state index is -0.267. The van der Waals surface area contributed by atoms with Crippen molar-refractivity contribution in [1.29, 1.82) is 0 Å². The van der Waals surface area contributed by atoms with Gasteiger partial charge in [-0.15, -0.1) is 11.8 Å². The highest BCUT2D eigenvalue weighted by molar-refractivity contribution is 7.98. The average molecular weight is 321 g/mol. The molecule has 1 saturated heterocycles. The van der Waals surface area contributed by atoms with E-state index in [1.54, 1.807) is 16.7 Å². The zero-order valence-corrected chi connectivity index (χ0v) is 14.1. The van der Waals surface area contributed by atoms with Crippen LogP contribution >= 0.6 is 11.8 Å². The maximum Gasteiger partial charge on any atom is 0.227 e. The molecule has 0 saturated carbocycles. The molecule has 2 rings (SSSR count). The van der Waals surface area contributed by atoms with Gasteiger partial charge in [0.15, 0.2) is 0 Å². The van der Waals surface area contributed by atoms with Gasteiger partial charge < -0.3 is 15.5 Å². The summed E-state index contributed by atoms with van der Waals surface area (Å²) < 4.78 is 0. The highest BCUT2D eigenvalue weighted by Crippen LogP contribution is 2.27. The molecule has 0 radical (unpaired) electrons. The smallest absolute Gasteiger partial charge is 0.227 e. The van der Waals surface area contributed by atoms with Crippen LogP contribution in [0.3, 0.4) is 0 Å². The number of benzene rings is 1. The minimum Gasteiger partial charge on any atom is -0.354 e. The molecule has 6 heteroatoms. The van der Waals surface area contributed by atoms with Crippen molar-refractivity contribution in [2.45, 2.75) is 24.3 Å². The molecular weight excluding hydrogens is 298 g/mol. The topological polar surface area (TPSA) is 61.4 Å². The van der Waals surface area contributed by atoms with E-state index in [4.69, 9.17) is 0 Å². The number of likely N-dealkylation sites (N-methyl/N-ethyl adjacent to an activating group) is 1. The first-order chi connectivity index (χ1) is 10.5. The molecule has 2 unspecified atom stereocenters. The third-order valence-corrected chi connectivity index (χ3v) is 4.70. The maximum atomic E-state index is 12.2. The van der Waals surface area contributed by atoms with Crippen molar-refractivity contribution >= 4 is 29.3 Å². The fraction of sp³-hybridized carbons (Fsp3) is 0.500. The molecule has 0 spiro atoms. The Morgan fingerprint density at radius 1 is 1.41 bits per heavy atom. The Morgan fingerprint density at radius 3 is 2.68 bits per heavy atom. The van der Waals surface area contributed by atoms with Gasteiger partial charge in [-0.05, 0) is 44.5 Å². The number of rotatable bonds is 6. The normalized spacial score (nSPS) is 19.3. The average Bonchev–Trinajstić information content (AvgIpc) is 2.94. The van der Waals surface area contributed by atoms with Crippen molar-refractivity contribution in [2.75, 3.05) is 31.3 Å². The Kier molecular flexibility index (Phi) is 5.85. The van der Waals surface area contributed by atoms with Gasteiger partial charge in [-0.25, -0.2) is 0 Å². The largest absolute Gasteiger partial charge is 0.354 e. The van der Waals surface area contributed by atoms with Crippen LogP contribution < -0.4 is 15.5 Å². The predicted molar refractivity (Wildman–Crippen MR) is 90.2 cm³/mol. The number of anilines is 1. The molecule has 2 atom stereocenters. The molecule has 0 aromatic heterocycles. The Morgan fingerprint density at radius 2 is 2.09 bits per heavy atom. The first kappa shape index (κ1) is 16.8. The number of hydrogen-bond acceptors (Lipinski definition) is 4. The highest BCUT2D eigenvalue weighted by Gasteiger charge is 2.35. The lowest BCUT2D eigenvalue weighted by Gasteiger charge is -2.17. The Labute approximate surface area is 135 Å². The quantitative estimate of drug-likeness (QED) is 0.779. The summed E-state index contributed by atoms with van der Waals surface area (Å²) in [6.45, 7) is 3.03. The van der Waals surface area contributed by atoms with Crippen molar-refractivity contribution in [3.8, 4) is 0 Å². The van der Waals surface area contributed by atoms with Crippen molar-refractivity contribution in [2.24, 2.45) is 5.92 Å². The number of hydrogen-bond donors (Lipinski definition) is 2. The summed E-state index contributed by atoms with van der Waals surface area (Å²) in [6, 6.07) is 8.08. The molecule has 120 valence electrons. The van der Waals surface area contributed by atoms with Crippen LogP contribution in [-0.2, 0) is 9.59 Å². The molecule has 1 aromatic rings. The summed E-state index contributed by atoms with van der Waals surface area (Å²) in [5, 5.41) is 5.97. The summed E-state index contributed by atoms with van der Waals surface area (Å²) in [7, 11) is 1.86. The lowest BCUT2D eigenvalue weighted by atomic mass is 10.1. The van der Waals surface area contributed by atoms with Crippen molar-refractivity contribution in [3.05, 3.63) is 24.3 Å². The van der Waals surface area contributed by atoms with Crippen LogP contribution in [0.5, 0.6) is 0 Å². The number of amides is 2. The summed E-state index contributed by atoms with van der Waals surface area (Å²) in [4.78, 5) is 27.2. The number of nitrogens with zero attached hydrogens (tertiary/aromatic N) is 1. The number of carbonyl (C=O) groups excluding carboxylic acids is 2. The van der Waals surface area contributed by atoms with Crippen LogP contribution in [0.4, 0.5) is 5.69 Å². The van der Waals surface area contributed by atoms with E-state index < -0.39 is 0 Å². The third-order valence-electron chi connectivity index (χ3n) is 3.96. The van der Waals surface area contributed by atoms with Crippen molar-refractivity contribution < 1.29 is 9.59 Å². The molecule has 2 amide bonds. The molecule has 1 fully saturated rings. The molecule has 5 nitrogen and oxygen atoms in total. The molecule has 0 bridgehead atoms. The summed E-state index contributed by atoms with van der Waals surface area (Å²) in [5.74, 6) is -0.297. The SMILES string of the molecule is CNC(C)CNC(=O)C1CC(=O)N(c2ccc(SC)cc2)C1. The predicted octanol–water partition coefficient (Wildman–Crippen LogP) is 1.49. The van der Waals surface area contributed by atoms with E-state index in [0.29, 0.717) is 13.1 Å². The van der Waals surface area contributed by atoms with Crippen LogP contribution in [0.2, 0.25) is 0 Å². The lowest BCUT2D eigenvalue weighted by molar-refractivity contribution is -0.126. The van der Waals surface area contributed by atoms with E-state index in [2.05, 4.69) is 10.6 Å². The molecular formula is C16H23N3O2S. The standard InChI is InChI=1S/C16H23N3O2S/c1-11(17-2)9-18-16(21)12-8-15(20)19(10-12)13-4-6-14(22-3)7-5-13/h4-7,11-12,17H,8-10H2,1-3H3,(H,18,21). The molecule has 1 aliphatic heterocycles. The first-order valence-corrected chi connectivity index (χ1v) is 8.67. The van der Waals surface area contributed by atoms with Crippen molar-refractivity contribution in [1.82, 2.24) is 10.6 Å². The van der Waals surface area contributed by atoms with Crippen LogP contribution in [0.1, 0.15) is 13.3 Å². The van der Waals surface area contributed by atoms with Gasteiger partial charge in [0.2, 0.25) is 11.8 Å². The van der Waals surface area contributed by atoms with Crippen LogP contribution in [0.25, 0.3) is 0 Å². The fourth-order valence-corrected chi connectivity index (χ4v) is 2.80. The van der Waals surface area contributed by atoms with E-state index in [1.165, 1.54) is 0 Å². The molecule has 1 aliphatic rings. The van der Waals surface area contributed by atoms with Gasteiger partial charge >= 0.3 is 0 Å². The zero-order valence-electron chi connectivity index (χ0n) is 13.3. The van der Waals surface area contributed by atoms with Gasteiger partial charge in [-0.1, -0.05) is 0 Å². The van der Waals surface area contributed by atoms with E-state index in [1.807, 2.05) is 44.5 Å². The van der Waals surface area contributed by atoms with E-state index in [9.17, 15) is 9.59 Å². The third kappa shape index (κ3) is 4.01. The Bertz CT molecular complexity index is 533. The number of thioether (sulfide) groups is 1. The van der Waals surface area contributed by atoms with Gasteiger partial charge in [0, 0.05) is 36.1 Å². The van der Waals surface area contributed by atoms with Gasteiger partial charge in [0.1, 0.15) is 0 Å². The van der Waals surface area contributed by atoms with E-state index >= 15 is 0 Å². The maximum absolute atomic E-state index is 12.2. The molecule has 22 heavy (non-hydrogen) atoms. The van der Waals surface area contributed by atoms with Gasteiger partial charge in [-0.3, -0.25) is 9.59 Å². The summed E-state index contributed by atoms with van der Waals surface area (Å²) in [5.41, 5.74) is 0.863. The monoisotopic (exact) mass is 321 g/mol. The second kappa shape index (κ2) is 7.65. The zero-order chi connectivity index (χ0) is 16.1. The molecule has 0 aliphatic carbocycles. The van der Waals surface area contributed by atoms with Gasteiger partial charge in [0.05, 0.1) is 5.92 Å². The first-order valence-electron chi connectivity index (χ1n) is 7.44. The summed E-state index contributed by atoms with van der Waals surface area (Å²) >= 11 is 1.66. The second-order valence-electron chi connectivity index (χ2n) is 5.54. The molecule has 1 aromatic carbocycles. The minimum absolute atomic E-state index is 0.0127. The Hall–Kier alpha value is -1.53. The van der Waals surface area contributed by atoms with Crippen molar-refractivity contribution in [3.63, 3.8) is 0 Å². The highest BCUT2D eigenvalue weighted by atomic mass is 32.2. The number of nitrogens with one attached hydrogen (secondary N) is 2. The Balaban J connectivity index is 1.96. The summed E-state index contributed by atoms with van der Waals surface area (Å²) in [6.07, 6.45) is 2.30. The van der Waals surface area contributed by atoms with Crippen LogP contribution in [-0.4, -0.2) is 44.2 Å².